The van der Waals surface area contributed by atoms with Crippen molar-refractivity contribution < 1.29 is 25.8 Å². The van der Waals surface area contributed by atoms with Crippen LogP contribution in [0, 0.1) is 0 Å². The molecule has 0 heterocycles. The Bertz CT molecular complexity index is 340. The van der Waals surface area contributed by atoms with Gasteiger partial charge in [0, 0.05) is 0 Å². The highest BCUT2D eigenvalue weighted by atomic mass is 32.2. The van der Waals surface area contributed by atoms with Crippen molar-refractivity contribution in [3.05, 3.63) is 0 Å². The van der Waals surface area contributed by atoms with Crippen LogP contribution >= 0.6 is 0 Å². The number of rotatable bonds is 13. The summed E-state index contributed by atoms with van der Waals surface area (Å²) in [5, 5.41) is 0. The zero-order valence-corrected chi connectivity index (χ0v) is 13.6. The molecule has 0 spiro atoms. The first-order valence-corrected chi connectivity index (χ1v) is 9.18. The Kier molecular flexibility index (Phi) is 11.1. The summed E-state index contributed by atoms with van der Waals surface area (Å²) in [6, 6.07) is 0. The van der Waals surface area contributed by atoms with Gasteiger partial charge in [0.05, 0.1) is 6.61 Å². The molecule has 0 aromatic heterocycles. The molecule has 0 aliphatic heterocycles. The lowest BCUT2D eigenvalue weighted by Crippen LogP contribution is -2.25. The van der Waals surface area contributed by atoms with Gasteiger partial charge < -0.3 is 0 Å². The van der Waals surface area contributed by atoms with Crippen LogP contribution in [0.25, 0.3) is 0 Å². The van der Waals surface area contributed by atoms with Crippen LogP contribution in [0.4, 0.5) is 13.2 Å². The van der Waals surface area contributed by atoms with Gasteiger partial charge >= 0.3 is 15.6 Å². The maximum Gasteiger partial charge on any atom is 0.523 e. The number of hydrogen-bond acceptors (Lipinski definition) is 3. The van der Waals surface area contributed by atoms with Crippen LogP contribution in [0.15, 0.2) is 0 Å². The molecule has 128 valence electrons. The van der Waals surface area contributed by atoms with Gasteiger partial charge in [-0.2, -0.15) is 21.6 Å². The van der Waals surface area contributed by atoms with Gasteiger partial charge in [-0.15, -0.1) is 0 Å². The van der Waals surface area contributed by atoms with Gasteiger partial charge in [0.25, 0.3) is 0 Å². The smallest absolute Gasteiger partial charge is 0.263 e. The molecule has 0 aliphatic rings. The molecule has 3 nitrogen and oxygen atoms in total. The van der Waals surface area contributed by atoms with Gasteiger partial charge in [0.15, 0.2) is 0 Å². The van der Waals surface area contributed by atoms with E-state index in [0.717, 1.165) is 19.3 Å². The predicted octanol–water partition coefficient (Wildman–Crippen LogP) is 5.16. The van der Waals surface area contributed by atoms with Crippen molar-refractivity contribution in [3.8, 4) is 0 Å². The van der Waals surface area contributed by atoms with Crippen LogP contribution in [0.3, 0.4) is 0 Å². The highest BCUT2D eigenvalue weighted by Crippen LogP contribution is 2.24. The Morgan fingerprint density at radius 1 is 0.762 bits per heavy atom. The van der Waals surface area contributed by atoms with Crippen molar-refractivity contribution in [1.29, 1.82) is 0 Å². The van der Waals surface area contributed by atoms with Crippen molar-refractivity contribution in [3.63, 3.8) is 0 Å². The fourth-order valence-corrected chi connectivity index (χ4v) is 2.47. The van der Waals surface area contributed by atoms with E-state index >= 15 is 0 Å². The molecular formula is C14H27F3O3S. The summed E-state index contributed by atoms with van der Waals surface area (Å²) in [4.78, 5) is 0. The Morgan fingerprint density at radius 2 is 1.14 bits per heavy atom. The van der Waals surface area contributed by atoms with Crippen LogP contribution < -0.4 is 0 Å². The lowest BCUT2D eigenvalue weighted by Gasteiger charge is -2.08. The Hall–Kier alpha value is -0.300. The molecule has 0 rings (SSSR count). The molecule has 0 aliphatic carbocycles. The van der Waals surface area contributed by atoms with E-state index in [1.165, 1.54) is 38.5 Å². The van der Waals surface area contributed by atoms with Crippen molar-refractivity contribution in [2.45, 2.75) is 83.1 Å². The van der Waals surface area contributed by atoms with Gasteiger partial charge in [-0.25, -0.2) is 0 Å². The SMILES string of the molecule is CCCCCCCCCCCCCOS(=O)(=O)C(F)(F)F. The average Bonchev–Trinajstić information content (AvgIpc) is 2.38. The van der Waals surface area contributed by atoms with Gasteiger partial charge in [-0.3, -0.25) is 4.18 Å². The van der Waals surface area contributed by atoms with Crippen LogP contribution in [-0.2, 0) is 14.3 Å². The van der Waals surface area contributed by atoms with E-state index in [-0.39, 0.29) is 0 Å². The highest BCUT2D eigenvalue weighted by Gasteiger charge is 2.47. The first-order chi connectivity index (χ1) is 9.81. The van der Waals surface area contributed by atoms with Gasteiger partial charge in [0.2, 0.25) is 0 Å². The zero-order valence-electron chi connectivity index (χ0n) is 12.8. The van der Waals surface area contributed by atoms with Crippen molar-refractivity contribution >= 4 is 10.1 Å². The predicted molar refractivity (Wildman–Crippen MR) is 77.4 cm³/mol. The number of hydrogen-bond donors (Lipinski definition) is 0. The van der Waals surface area contributed by atoms with Crippen LogP contribution in [0.5, 0.6) is 0 Å². The van der Waals surface area contributed by atoms with Gasteiger partial charge in [-0.1, -0.05) is 71.1 Å². The molecule has 0 N–H and O–H groups in total. The zero-order chi connectivity index (χ0) is 16.2. The topological polar surface area (TPSA) is 43.4 Å². The van der Waals surface area contributed by atoms with E-state index in [2.05, 4.69) is 11.1 Å². The summed E-state index contributed by atoms with van der Waals surface area (Å²) in [6.07, 6.45) is 11.7. The molecule has 0 fully saturated rings. The van der Waals surface area contributed by atoms with E-state index in [4.69, 9.17) is 0 Å². The van der Waals surface area contributed by atoms with Gasteiger partial charge in [0.1, 0.15) is 0 Å². The normalized spacial score (nSPS) is 12.8. The number of halogens is 3. The molecule has 0 radical (unpaired) electrons. The van der Waals surface area contributed by atoms with E-state index in [0.29, 0.717) is 12.8 Å². The van der Waals surface area contributed by atoms with Crippen molar-refractivity contribution in [2.75, 3.05) is 6.61 Å². The molecule has 0 unspecified atom stereocenters. The van der Waals surface area contributed by atoms with E-state index in [9.17, 15) is 21.6 Å². The van der Waals surface area contributed by atoms with Crippen LogP contribution in [-0.4, -0.2) is 20.5 Å². The second kappa shape index (κ2) is 11.3. The maximum absolute atomic E-state index is 11.9. The Labute approximate surface area is 126 Å². The summed E-state index contributed by atoms with van der Waals surface area (Å²) in [5.41, 5.74) is -5.31. The first-order valence-electron chi connectivity index (χ1n) is 7.77. The standard InChI is InChI=1S/C14H27F3O3S/c1-2-3-4-5-6-7-8-9-10-11-12-13-20-21(18,19)14(15,16)17/h2-13H2,1H3. The monoisotopic (exact) mass is 332 g/mol. The van der Waals surface area contributed by atoms with Crippen LogP contribution in [0.1, 0.15) is 77.6 Å². The van der Waals surface area contributed by atoms with E-state index in [1.807, 2.05) is 0 Å². The van der Waals surface area contributed by atoms with Crippen LogP contribution in [0.2, 0.25) is 0 Å². The lowest BCUT2D eigenvalue weighted by molar-refractivity contribution is -0.0542. The quantitative estimate of drug-likeness (QED) is 0.266. The van der Waals surface area contributed by atoms with Crippen molar-refractivity contribution in [2.24, 2.45) is 0 Å². The minimum Gasteiger partial charge on any atom is -0.263 e. The first kappa shape index (κ1) is 20.7. The lowest BCUT2D eigenvalue weighted by atomic mass is 10.1. The third-order valence-electron chi connectivity index (χ3n) is 3.27. The fraction of sp³-hybridized carbons (Fsp3) is 1.00. The summed E-state index contributed by atoms with van der Waals surface area (Å²) < 4.78 is 60.9. The minimum absolute atomic E-state index is 0.339. The number of alkyl halides is 3. The molecule has 7 heteroatoms. The Morgan fingerprint density at radius 3 is 1.52 bits per heavy atom. The second-order valence-electron chi connectivity index (χ2n) is 5.26. The summed E-state index contributed by atoms with van der Waals surface area (Å²) in [6.45, 7) is 1.79. The largest absolute Gasteiger partial charge is 0.523 e. The van der Waals surface area contributed by atoms with E-state index < -0.39 is 22.2 Å². The molecular weight excluding hydrogens is 305 g/mol. The maximum atomic E-state index is 11.9. The molecule has 0 bridgehead atoms. The van der Waals surface area contributed by atoms with Gasteiger partial charge in [-0.05, 0) is 6.42 Å². The summed E-state index contributed by atoms with van der Waals surface area (Å²) >= 11 is 0. The molecule has 0 amide bonds. The number of unbranched alkanes of at least 4 members (excludes halogenated alkanes) is 10. The summed E-state index contributed by atoms with van der Waals surface area (Å²) in [5.74, 6) is 0. The highest BCUT2D eigenvalue weighted by molar-refractivity contribution is 7.87. The fourth-order valence-electron chi connectivity index (χ4n) is 2.00. The third-order valence-corrected chi connectivity index (χ3v) is 4.31. The molecule has 0 saturated heterocycles. The minimum atomic E-state index is -5.41. The molecule has 0 atom stereocenters. The van der Waals surface area contributed by atoms with E-state index in [1.54, 1.807) is 0 Å². The third kappa shape index (κ3) is 11.0. The summed E-state index contributed by atoms with van der Waals surface area (Å²) in [7, 11) is -5.41. The average molecular weight is 332 g/mol. The Balaban J connectivity index is 3.34. The molecule has 0 aromatic carbocycles. The molecule has 0 saturated carbocycles. The molecule has 0 aromatic rings. The molecule has 21 heavy (non-hydrogen) atoms. The van der Waals surface area contributed by atoms with Crippen molar-refractivity contribution in [1.82, 2.24) is 0 Å². The second-order valence-corrected chi connectivity index (χ2v) is 6.86.